The van der Waals surface area contributed by atoms with Crippen molar-refractivity contribution in [2.75, 3.05) is 13.1 Å². The summed E-state index contributed by atoms with van der Waals surface area (Å²) in [5.41, 5.74) is 2.29. The Hall–Kier alpha value is -2.28. The number of halogens is 2. The van der Waals surface area contributed by atoms with E-state index >= 15 is 0 Å². The van der Waals surface area contributed by atoms with Gasteiger partial charge in [-0.3, -0.25) is 14.4 Å². The highest BCUT2D eigenvalue weighted by Crippen LogP contribution is 2.17. The molecular weight excluding hydrogens is 350 g/mol. The van der Waals surface area contributed by atoms with E-state index in [-0.39, 0.29) is 11.9 Å². The van der Waals surface area contributed by atoms with E-state index in [1.165, 1.54) is 12.1 Å². The maximum absolute atomic E-state index is 13.3. The fourth-order valence-corrected chi connectivity index (χ4v) is 3.50. The van der Waals surface area contributed by atoms with Crippen LogP contribution in [0.3, 0.4) is 0 Å². The minimum absolute atomic E-state index is 0.0751. The highest BCUT2D eigenvalue weighted by molar-refractivity contribution is 5.95. The zero-order chi connectivity index (χ0) is 19.4. The number of nitrogens with one attached hydrogen (secondary N) is 1. The lowest BCUT2D eigenvalue weighted by Crippen LogP contribution is -2.44. The Morgan fingerprint density at radius 1 is 1.26 bits per heavy atom. The standard InChI is InChI=1S/C20H26F2N4O/c1-3-8-26-14(2)17(12-23-26)20(27)24-16-6-9-25(10-7-16)13-15-4-5-18(21)19(22)11-15/h4-5,11-12,16H,3,6-10,13H2,1-2H3,(H,24,27). The van der Waals surface area contributed by atoms with Crippen LogP contribution >= 0.6 is 0 Å². The number of amides is 1. The van der Waals surface area contributed by atoms with Gasteiger partial charge in [0.15, 0.2) is 11.6 Å². The van der Waals surface area contributed by atoms with Crippen molar-refractivity contribution in [1.29, 1.82) is 0 Å². The third-order valence-electron chi connectivity index (χ3n) is 5.10. The van der Waals surface area contributed by atoms with Crippen molar-refractivity contribution in [2.45, 2.75) is 52.2 Å². The first kappa shape index (κ1) is 19.5. The quantitative estimate of drug-likeness (QED) is 0.842. The Morgan fingerprint density at radius 3 is 2.67 bits per heavy atom. The second kappa shape index (κ2) is 8.61. The predicted molar refractivity (Wildman–Crippen MR) is 99.4 cm³/mol. The topological polar surface area (TPSA) is 50.2 Å². The van der Waals surface area contributed by atoms with Gasteiger partial charge in [-0.05, 0) is 43.9 Å². The second-order valence-electron chi connectivity index (χ2n) is 7.14. The zero-order valence-corrected chi connectivity index (χ0v) is 15.8. The highest BCUT2D eigenvalue weighted by atomic mass is 19.2. The molecule has 0 saturated carbocycles. The van der Waals surface area contributed by atoms with Gasteiger partial charge in [0, 0.05) is 37.9 Å². The molecule has 0 bridgehead atoms. The summed E-state index contributed by atoms with van der Waals surface area (Å²) in [5, 5.41) is 7.39. The first-order valence-electron chi connectivity index (χ1n) is 9.47. The number of carbonyl (C=O) groups excluding carboxylic acids is 1. The van der Waals surface area contributed by atoms with Crippen LogP contribution in [0.2, 0.25) is 0 Å². The number of carbonyl (C=O) groups is 1. The van der Waals surface area contributed by atoms with Gasteiger partial charge in [-0.2, -0.15) is 5.10 Å². The molecule has 7 heteroatoms. The molecule has 1 aromatic carbocycles. The van der Waals surface area contributed by atoms with Gasteiger partial charge in [0.25, 0.3) is 5.91 Å². The summed E-state index contributed by atoms with van der Waals surface area (Å²) in [4.78, 5) is 14.7. The van der Waals surface area contributed by atoms with Crippen LogP contribution in [0.15, 0.2) is 24.4 Å². The first-order chi connectivity index (χ1) is 13.0. The molecule has 3 rings (SSSR count). The summed E-state index contributed by atoms with van der Waals surface area (Å²) in [6, 6.07) is 4.15. The second-order valence-corrected chi connectivity index (χ2v) is 7.14. The lowest BCUT2D eigenvalue weighted by Gasteiger charge is -2.32. The van der Waals surface area contributed by atoms with Crippen molar-refractivity contribution in [3.8, 4) is 0 Å². The summed E-state index contributed by atoms with van der Waals surface area (Å²) in [6.45, 7) is 7.00. The van der Waals surface area contributed by atoms with Crippen LogP contribution in [-0.4, -0.2) is 39.7 Å². The van der Waals surface area contributed by atoms with E-state index in [0.29, 0.717) is 12.1 Å². The third kappa shape index (κ3) is 4.71. The lowest BCUT2D eigenvalue weighted by molar-refractivity contribution is 0.0908. The van der Waals surface area contributed by atoms with Crippen LogP contribution in [0.1, 0.15) is 47.8 Å². The molecule has 1 saturated heterocycles. The van der Waals surface area contributed by atoms with E-state index in [1.54, 1.807) is 12.3 Å². The molecule has 1 N–H and O–H groups in total. The van der Waals surface area contributed by atoms with Crippen LogP contribution in [0.25, 0.3) is 0 Å². The number of aromatic nitrogens is 2. The van der Waals surface area contributed by atoms with Gasteiger partial charge in [0.1, 0.15) is 0 Å². The molecule has 1 aliphatic heterocycles. The summed E-state index contributed by atoms with van der Waals surface area (Å²) < 4.78 is 28.2. The molecule has 1 amide bonds. The predicted octanol–water partition coefficient (Wildman–Crippen LogP) is 3.27. The van der Waals surface area contributed by atoms with Crippen molar-refractivity contribution in [1.82, 2.24) is 20.0 Å². The molecule has 1 aromatic heterocycles. The van der Waals surface area contributed by atoms with E-state index in [0.717, 1.165) is 50.2 Å². The average molecular weight is 376 g/mol. The van der Waals surface area contributed by atoms with Gasteiger partial charge in [0.2, 0.25) is 0 Å². The Bertz CT molecular complexity index is 797. The van der Waals surface area contributed by atoms with Crippen molar-refractivity contribution in [3.63, 3.8) is 0 Å². The molecule has 0 radical (unpaired) electrons. The summed E-state index contributed by atoms with van der Waals surface area (Å²) >= 11 is 0. The van der Waals surface area contributed by atoms with E-state index in [9.17, 15) is 13.6 Å². The van der Waals surface area contributed by atoms with Gasteiger partial charge in [0.05, 0.1) is 11.8 Å². The number of hydrogen-bond donors (Lipinski definition) is 1. The van der Waals surface area contributed by atoms with Crippen molar-refractivity contribution in [3.05, 3.63) is 52.9 Å². The zero-order valence-electron chi connectivity index (χ0n) is 15.8. The third-order valence-corrected chi connectivity index (χ3v) is 5.10. The van der Waals surface area contributed by atoms with Crippen LogP contribution < -0.4 is 5.32 Å². The van der Waals surface area contributed by atoms with Crippen LogP contribution in [-0.2, 0) is 13.1 Å². The number of likely N-dealkylation sites (tertiary alicyclic amines) is 1. The lowest BCUT2D eigenvalue weighted by atomic mass is 10.0. The maximum Gasteiger partial charge on any atom is 0.254 e. The molecule has 5 nitrogen and oxygen atoms in total. The maximum atomic E-state index is 13.3. The average Bonchev–Trinajstić information content (AvgIpc) is 3.01. The van der Waals surface area contributed by atoms with Crippen LogP contribution in [0.4, 0.5) is 8.78 Å². The summed E-state index contributed by atoms with van der Waals surface area (Å²) in [6.07, 6.45) is 4.27. The summed E-state index contributed by atoms with van der Waals surface area (Å²) in [7, 11) is 0. The van der Waals surface area contributed by atoms with E-state index < -0.39 is 11.6 Å². The Labute approximate surface area is 158 Å². The molecule has 1 aliphatic rings. The molecule has 146 valence electrons. The van der Waals surface area contributed by atoms with E-state index in [4.69, 9.17) is 0 Å². The van der Waals surface area contributed by atoms with Gasteiger partial charge in [-0.15, -0.1) is 0 Å². The molecule has 2 heterocycles. The minimum atomic E-state index is -0.822. The van der Waals surface area contributed by atoms with Crippen LogP contribution in [0.5, 0.6) is 0 Å². The monoisotopic (exact) mass is 376 g/mol. The van der Waals surface area contributed by atoms with Gasteiger partial charge < -0.3 is 5.32 Å². The van der Waals surface area contributed by atoms with Gasteiger partial charge in [-0.25, -0.2) is 8.78 Å². The number of rotatable bonds is 6. The highest BCUT2D eigenvalue weighted by Gasteiger charge is 2.23. The van der Waals surface area contributed by atoms with Crippen LogP contribution in [0, 0.1) is 18.6 Å². The van der Waals surface area contributed by atoms with Crippen molar-refractivity contribution in [2.24, 2.45) is 0 Å². The van der Waals surface area contributed by atoms with Crippen molar-refractivity contribution < 1.29 is 13.6 Å². The first-order valence-corrected chi connectivity index (χ1v) is 9.47. The smallest absolute Gasteiger partial charge is 0.254 e. The van der Waals surface area contributed by atoms with Gasteiger partial charge in [-0.1, -0.05) is 13.0 Å². The fraction of sp³-hybridized carbons (Fsp3) is 0.500. The number of aryl methyl sites for hydroxylation is 1. The SMILES string of the molecule is CCCn1ncc(C(=O)NC2CCN(Cc3ccc(F)c(F)c3)CC2)c1C. The largest absolute Gasteiger partial charge is 0.349 e. The molecule has 0 aliphatic carbocycles. The number of piperidine rings is 1. The van der Waals surface area contributed by atoms with Crippen molar-refractivity contribution >= 4 is 5.91 Å². The normalized spacial score (nSPS) is 15.9. The molecule has 0 atom stereocenters. The summed E-state index contributed by atoms with van der Waals surface area (Å²) in [5.74, 6) is -1.71. The molecule has 1 fully saturated rings. The molecular formula is C20H26F2N4O. The van der Waals surface area contributed by atoms with E-state index in [1.807, 2.05) is 11.6 Å². The molecule has 0 spiro atoms. The Balaban J connectivity index is 1.50. The number of benzene rings is 1. The molecule has 0 unspecified atom stereocenters. The molecule has 2 aromatic rings. The van der Waals surface area contributed by atoms with E-state index in [2.05, 4.69) is 22.2 Å². The Morgan fingerprint density at radius 2 is 2.00 bits per heavy atom. The Kier molecular flexibility index (Phi) is 6.21. The number of hydrogen-bond acceptors (Lipinski definition) is 3. The van der Waals surface area contributed by atoms with Gasteiger partial charge >= 0.3 is 0 Å². The minimum Gasteiger partial charge on any atom is -0.349 e. The number of nitrogens with zero attached hydrogens (tertiary/aromatic N) is 3. The molecule has 27 heavy (non-hydrogen) atoms. The fourth-order valence-electron chi connectivity index (χ4n) is 3.50.